The van der Waals surface area contributed by atoms with E-state index < -0.39 is 0 Å². The van der Waals surface area contributed by atoms with E-state index in [4.69, 9.17) is 9.97 Å². The molecule has 0 aliphatic rings. The van der Waals surface area contributed by atoms with Gasteiger partial charge in [-0.1, -0.05) is 97.1 Å². The predicted molar refractivity (Wildman–Crippen MR) is 188 cm³/mol. The minimum Gasteiger partial charge on any atom is -0.354 e. The second-order valence-corrected chi connectivity index (χ2v) is 10.9. The molecule has 2 N–H and O–H groups in total. The number of rotatable bonds is 6. The highest BCUT2D eigenvalue weighted by Crippen LogP contribution is 2.34. The largest absolute Gasteiger partial charge is 0.354 e. The van der Waals surface area contributed by atoms with Crippen LogP contribution < -0.4 is 10.6 Å². The van der Waals surface area contributed by atoms with Crippen LogP contribution in [-0.4, -0.2) is 9.97 Å². The van der Waals surface area contributed by atoms with Crippen molar-refractivity contribution < 1.29 is 0 Å². The van der Waals surface area contributed by atoms with Crippen LogP contribution in [0.15, 0.2) is 146 Å². The second-order valence-electron chi connectivity index (χ2n) is 10.9. The van der Waals surface area contributed by atoms with Crippen LogP contribution in [0.1, 0.15) is 11.1 Å². The highest BCUT2D eigenvalue weighted by atomic mass is 35.5. The van der Waals surface area contributed by atoms with Gasteiger partial charge in [-0.05, 0) is 66.1 Å². The Morgan fingerprint density at radius 3 is 0.977 bits per heavy atom. The first-order valence-electron chi connectivity index (χ1n) is 14.6. The third kappa shape index (κ3) is 5.17. The van der Waals surface area contributed by atoms with E-state index in [-0.39, 0.29) is 12.4 Å². The molecular weight excluding hydrogens is 560 g/mol. The molecule has 2 aromatic heterocycles. The average Bonchev–Trinajstić information content (AvgIpc) is 3.06. The van der Waals surface area contributed by atoms with Crippen LogP contribution >= 0.6 is 12.4 Å². The summed E-state index contributed by atoms with van der Waals surface area (Å²) in [6.07, 6.45) is 0.864. The summed E-state index contributed by atoms with van der Waals surface area (Å²) < 4.78 is 0. The number of benzene rings is 6. The Balaban J connectivity index is 0.00000312. The molecule has 0 unspecified atom stereocenters. The van der Waals surface area contributed by atoms with Crippen molar-refractivity contribution in [2.45, 2.75) is 6.42 Å². The normalized spacial score (nSPS) is 11.1. The standard InChI is InChI=1S/C39H28N4.ClH/c1-5-13-34-30(9-1)38(31-10-2-6-14-35(31)42-34)40-28-21-17-26(18-22-28)25-27-19-23-29(24-20-27)41-39-32-11-3-7-15-36(32)43-37-16-8-4-12-33(37)39;/h1-24H,25H2,(H,40,42)(H,41,43);1H. The number of nitrogens with one attached hydrogen (secondary N) is 2. The van der Waals surface area contributed by atoms with Crippen molar-refractivity contribution in [3.05, 3.63) is 157 Å². The van der Waals surface area contributed by atoms with E-state index in [1.54, 1.807) is 0 Å². The van der Waals surface area contributed by atoms with E-state index in [9.17, 15) is 0 Å². The Morgan fingerprint density at radius 1 is 0.364 bits per heavy atom. The van der Waals surface area contributed by atoms with Gasteiger partial charge < -0.3 is 10.6 Å². The summed E-state index contributed by atoms with van der Waals surface area (Å²) in [6.45, 7) is 0. The van der Waals surface area contributed by atoms with Gasteiger partial charge in [0.1, 0.15) is 0 Å². The number of para-hydroxylation sites is 4. The van der Waals surface area contributed by atoms with Crippen molar-refractivity contribution in [2.75, 3.05) is 10.6 Å². The smallest absolute Gasteiger partial charge is 0.0730 e. The summed E-state index contributed by atoms with van der Waals surface area (Å²) in [7, 11) is 0. The molecule has 0 aliphatic carbocycles. The van der Waals surface area contributed by atoms with Crippen molar-refractivity contribution in [3.63, 3.8) is 0 Å². The van der Waals surface area contributed by atoms with Crippen LogP contribution in [0.4, 0.5) is 22.7 Å². The lowest BCUT2D eigenvalue weighted by atomic mass is 10.0. The molecule has 0 amide bonds. The van der Waals surface area contributed by atoms with Gasteiger partial charge in [0.25, 0.3) is 0 Å². The molecule has 8 aromatic rings. The minimum absolute atomic E-state index is 0. The summed E-state index contributed by atoms with van der Waals surface area (Å²) >= 11 is 0. The maximum absolute atomic E-state index is 4.85. The number of aromatic nitrogens is 2. The van der Waals surface area contributed by atoms with Crippen LogP contribution in [-0.2, 0) is 6.42 Å². The summed E-state index contributed by atoms with van der Waals surface area (Å²) in [4.78, 5) is 9.70. The molecule has 0 radical (unpaired) electrons. The lowest BCUT2D eigenvalue weighted by Gasteiger charge is -2.14. The Hall–Kier alpha value is -5.45. The maximum atomic E-state index is 4.85. The number of hydrogen-bond donors (Lipinski definition) is 2. The highest BCUT2D eigenvalue weighted by Gasteiger charge is 2.11. The lowest BCUT2D eigenvalue weighted by molar-refractivity contribution is 1.19. The van der Waals surface area contributed by atoms with Crippen LogP contribution in [0.5, 0.6) is 0 Å². The second kappa shape index (κ2) is 11.7. The fourth-order valence-corrected chi connectivity index (χ4v) is 5.89. The summed E-state index contributed by atoms with van der Waals surface area (Å²) in [5, 5.41) is 11.8. The first-order valence-corrected chi connectivity index (χ1v) is 14.6. The third-order valence-corrected chi connectivity index (χ3v) is 8.03. The molecule has 0 aliphatic heterocycles. The Morgan fingerprint density at radius 2 is 0.659 bits per heavy atom. The van der Waals surface area contributed by atoms with Crippen molar-refractivity contribution >= 4 is 78.8 Å². The topological polar surface area (TPSA) is 49.8 Å². The molecule has 212 valence electrons. The van der Waals surface area contributed by atoms with Crippen molar-refractivity contribution in [2.24, 2.45) is 0 Å². The molecule has 0 fully saturated rings. The van der Waals surface area contributed by atoms with Crippen molar-refractivity contribution in [3.8, 4) is 0 Å². The number of hydrogen-bond acceptors (Lipinski definition) is 4. The maximum Gasteiger partial charge on any atom is 0.0730 e. The number of pyridine rings is 2. The average molecular weight is 589 g/mol. The number of fused-ring (bicyclic) bond motifs is 4. The Bertz CT molecular complexity index is 1990. The number of halogens is 1. The van der Waals surface area contributed by atoms with E-state index in [1.165, 1.54) is 11.1 Å². The zero-order chi connectivity index (χ0) is 28.6. The van der Waals surface area contributed by atoms with Gasteiger partial charge in [0.05, 0.1) is 33.4 Å². The number of nitrogens with zero attached hydrogens (tertiary/aromatic N) is 2. The molecule has 0 spiro atoms. The van der Waals surface area contributed by atoms with Gasteiger partial charge in [-0.3, -0.25) is 0 Å². The van der Waals surface area contributed by atoms with Crippen molar-refractivity contribution in [1.29, 1.82) is 0 Å². The van der Waals surface area contributed by atoms with Gasteiger partial charge in [0.2, 0.25) is 0 Å². The van der Waals surface area contributed by atoms with E-state index in [1.807, 2.05) is 24.3 Å². The molecule has 44 heavy (non-hydrogen) atoms. The van der Waals surface area contributed by atoms with Crippen LogP contribution in [0.2, 0.25) is 0 Å². The third-order valence-electron chi connectivity index (χ3n) is 8.03. The van der Waals surface area contributed by atoms with Crippen LogP contribution in [0.25, 0.3) is 43.6 Å². The zero-order valence-corrected chi connectivity index (χ0v) is 24.7. The van der Waals surface area contributed by atoms with Crippen LogP contribution in [0, 0.1) is 0 Å². The SMILES string of the molecule is Cl.c1ccc2c(Nc3ccc(Cc4ccc(Nc5c6ccccc6nc6ccccc56)cc4)cc3)c3ccccc3nc2c1. The minimum atomic E-state index is 0. The molecule has 0 saturated heterocycles. The monoisotopic (exact) mass is 588 g/mol. The van der Waals surface area contributed by atoms with Gasteiger partial charge in [-0.25, -0.2) is 9.97 Å². The fraction of sp³-hybridized carbons (Fsp3) is 0.0256. The zero-order valence-electron chi connectivity index (χ0n) is 23.9. The Kier molecular flexibility index (Phi) is 7.27. The summed E-state index contributed by atoms with van der Waals surface area (Å²) in [5.74, 6) is 0. The molecule has 8 rings (SSSR count). The first-order chi connectivity index (χ1) is 21.3. The molecule has 0 atom stereocenters. The van der Waals surface area contributed by atoms with E-state index >= 15 is 0 Å². The summed E-state index contributed by atoms with van der Waals surface area (Å²) in [5.41, 5.74) is 10.8. The fourth-order valence-electron chi connectivity index (χ4n) is 5.89. The van der Waals surface area contributed by atoms with Crippen molar-refractivity contribution in [1.82, 2.24) is 9.97 Å². The van der Waals surface area contributed by atoms with Gasteiger partial charge in [0.15, 0.2) is 0 Å². The molecule has 0 bridgehead atoms. The Labute approximate surface area is 261 Å². The molecular formula is C39H29ClN4. The first kappa shape index (κ1) is 27.4. The molecule has 0 saturated carbocycles. The van der Waals surface area contributed by atoms with E-state index in [2.05, 4.69) is 132 Å². The van der Waals surface area contributed by atoms with Gasteiger partial charge >= 0.3 is 0 Å². The molecule has 4 nitrogen and oxygen atoms in total. The summed E-state index contributed by atoms with van der Waals surface area (Å²) in [6, 6.07) is 50.7. The quantitative estimate of drug-likeness (QED) is 0.190. The van der Waals surface area contributed by atoms with E-state index in [0.717, 1.165) is 72.8 Å². The molecule has 2 heterocycles. The van der Waals surface area contributed by atoms with E-state index in [0.29, 0.717) is 0 Å². The van der Waals surface area contributed by atoms with Gasteiger partial charge in [0, 0.05) is 32.9 Å². The molecule has 5 heteroatoms. The van der Waals surface area contributed by atoms with Gasteiger partial charge in [-0.15, -0.1) is 12.4 Å². The molecule has 6 aromatic carbocycles. The van der Waals surface area contributed by atoms with Gasteiger partial charge in [-0.2, -0.15) is 0 Å². The van der Waals surface area contributed by atoms with Crippen LogP contribution in [0.3, 0.4) is 0 Å². The highest BCUT2D eigenvalue weighted by molar-refractivity contribution is 6.09. The number of anilines is 4. The predicted octanol–water partition coefficient (Wildman–Crippen LogP) is 10.6. The lowest BCUT2D eigenvalue weighted by Crippen LogP contribution is -1.97.